The van der Waals surface area contributed by atoms with Crippen molar-refractivity contribution in [1.82, 2.24) is 14.6 Å². The first-order chi connectivity index (χ1) is 11.1. The molecule has 23 heavy (non-hydrogen) atoms. The number of rotatable bonds is 3. The zero-order valence-corrected chi connectivity index (χ0v) is 12.0. The van der Waals surface area contributed by atoms with Crippen LogP contribution in [0.3, 0.4) is 0 Å². The van der Waals surface area contributed by atoms with Crippen LogP contribution in [0.4, 0.5) is 15.0 Å². The second-order valence-corrected chi connectivity index (χ2v) is 4.60. The lowest BCUT2D eigenvalue weighted by atomic mass is 10.1. The minimum Gasteiger partial charge on any atom is -0.453 e. The zero-order chi connectivity index (χ0) is 16.4. The first-order valence-corrected chi connectivity index (χ1v) is 6.58. The van der Waals surface area contributed by atoms with Crippen LogP contribution < -0.4 is 5.32 Å². The number of nitrogens with one attached hydrogen (secondary N) is 1. The van der Waals surface area contributed by atoms with Crippen LogP contribution in [0, 0.1) is 5.82 Å². The Morgan fingerprint density at radius 1 is 1.17 bits per heavy atom. The van der Waals surface area contributed by atoms with Gasteiger partial charge in [0.2, 0.25) is 5.78 Å². The minimum absolute atomic E-state index is 0.172. The number of nitrogens with zero attached hydrogens (tertiary/aromatic N) is 3. The summed E-state index contributed by atoms with van der Waals surface area (Å²) in [6.45, 7) is 0. The summed E-state index contributed by atoms with van der Waals surface area (Å²) in [6.07, 6.45) is 0.796. The number of carbonyl (C=O) groups is 2. The minimum atomic E-state index is -0.656. The van der Waals surface area contributed by atoms with Gasteiger partial charge < -0.3 is 4.74 Å². The van der Waals surface area contributed by atoms with Gasteiger partial charge in [0.05, 0.1) is 13.3 Å². The van der Waals surface area contributed by atoms with Gasteiger partial charge in [-0.25, -0.2) is 18.7 Å². The Morgan fingerprint density at radius 3 is 2.61 bits per heavy atom. The summed E-state index contributed by atoms with van der Waals surface area (Å²) in [5.41, 5.74) is 0.949. The smallest absolute Gasteiger partial charge is 0.412 e. The number of amides is 1. The van der Waals surface area contributed by atoms with Gasteiger partial charge in [-0.05, 0) is 36.4 Å². The fourth-order valence-electron chi connectivity index (χ4n) is 1.97. The number of aromatic nitrogens is 3. The molecular formula is C15H11FN4O3. The molecule has 0 bridgehead atoms. The van der Waals surface area contributed by atoms with Gasteiger partial charge in [-0.3, -0.25) is 10.1 Å². The highest BCUT2D eigenvalue weighted by molar-refractivity contribution is 6.07. The van der Waals surface area contributed by atoms with Crippen LogP contribution in [0.2, 0.25) is 0 Å². The zero-order valence-electron chi connectivity index (χ0n) is 12.0. The fraction of sp³-hybridized carbons (Fsp3) is 0.0667. The van der Waals surface area contributed by atoms with Crippen molar-refractivity contribution in [2.24, 2.45) is 0 Å². The molecule has 2 heterocycles. The predicted octanol–water partition coefficient (Wildman–Crippen LogP) is 2.28. The Hall–Kier alpha value is -3.29. The molecule has 1 aromatic carbocycles. The van der Waals surface area contributed by atoms with Crippen LogP contribution in [0.1, 0.15) is 16.1 Å². The third-order valence-electron chi connectivity index (χ3n) is 3.07. The van der Waals surface area contributed by atoms with Crippen molar-refractivity contribution in [2.75, 3.05) is 12.4 Å². The second kappa shape index (κ2) is 5.84. The molecule has 0 aliphatic heterocycles. The van der Waals surface area contributed by atoms with Crippen molar-refractivity contribution in [2.45, 2.75) is 0 Å². The second-order valence-electron chi connectivity index (χ2n) is 4.60. The van der Waals surface area contributed by atoms with Gasteiger partial charge in [0, 0.05) is 5.56 Å². The van der Waals surface area contributed by atoms with Crippen molar-refractivity contribution in [3.05, 3.63) is 59.7 Å². The fourth-order valence-corrected chi connectivity index (χ4v) is 1.97. The SMILES string of the molecule is COC(=O)Nc1cn2nc(C(=O)c3ccc(F)cc3)ccc2n1. The summed E-state index contributed by atoms with van der Waals surface area (Å²) in [4.78, 5) is 27.6. The van der Waals surface area contributed by atoms with E-state index in [0.29, 0.717) is 11.2 Å². The van der Waals surface area contributed by atoms with Crippen LogP contribution in [0.15, 0.2) is 42.6 Å². The number of anilines is 1. The molecule has 0 radical (unpaired) electrons. The van der Waals surface area contributed by atoms with E-state index < -0.39 is 11.9 Å². The van der Waals surface area contributed by atoms with E-state index in [1.54, 1.807) is 6.07 Å². The number of hydrogen-bond acceptors (Lipinski definition) is 5. The number of ether oxygens (including phenoxy) is 1. The molecule has 0 aliphatic carbocycles. The molecule has 0 spiro atoms. The quantitative estimate of drug-likeness (QED) is 0.750. The maximum absolute atomic E-state index is 12.9. The Labute approximate surface area is 129 Å². The topological polar surface area (TPSA) is 85.6 Å². The van der Waals surface area contributed by atoms with Gasteiger partial charge in [0.15, 0.2) is 11.5 Å². The molecule has 8 heteroatoms. The number of benzene rings is 1. The van der Waals surface area contributed by atoms with Gasteiger partial charge >= 0.3 is 6.09 Å². The number of methoxy groups -OCH3 is 1. The number of fused-ring (bicyclic) bond motifs is 1. The van der Waals surface area contributed by atoms with Gasteiger partial charge in [0.25, 0.3) is 0 Å². The van der Waals surface area contributed by atoms with Crippen LogP contribution >= 0.6 is 0 Å². The van der Waals surface area contributed by atoms with E-state index in [0.717, 1.165) is 0 Å². The van der Waals surface area contributed by atoms with E-state index in [9.17, 15) is 14.0 Å². The predicted molar refractivity (Wildman–Crippen MR) is 78.8 cm³/mol. The molecule has 0 fully saturated rings. The van der Waals surface area contributed by atoms with Crippen LogP contribution in [-0.2, 0) is 4.74 Å². The molecule has 1 N–H and O–H groups in total. The highest BCUT2D eigenvalue weighted by Crippen LogP contribution is 2.12. The van der Waals surface area contributed by atoms with E-state index in [1.165, 1.54) is 48.2 Å². The first-order valence-electron chi connectivity index (χ1n) is 6.58. The summed E-state index contributed by atoms with van der Waals surface area (Å²) in [6, 6.07) is 8.30. The third-order valence-corrected chi connectivity index (χ3v) is 3.07. The van der Waals surface area contributed by atoms with Gasteiger partial charge in [-0.1, -0.05) is 0 Å². The molecule has 0 unspecified atom stereocenters. The Morgan fingerprint density at radius 2 is 1.91 bits per heavy atom. The molecule has 0 saturated carbocycles. The Balaban J connectivity index is 1.91. The first kappa shape index (κ1) is 14.6. The Bertz CT molecular complexity index is 889. The Kier molecular flexibility index (Phi) is 3.71. The van der Waals surface area contributed by atoms with Gasteiger partial charge in [-0.2, -0.15) is 5.10 Å². The number of halogens is 1. The molecule has 0 saturated heterocycles. The third kappa shape index (κ3) is 3.00. The maximum atomic E-state index is 12.9. The summed E-state index contributed by atoms with van der Waals surface area (Å²) in [7, 11) is 1.24. The van der Waals surface area contributed by atoms with Gasteiger partial charge in [-0.15, -0.1) is 0 Å². The summed E-state index contributed by atoms with van der Waals surface area (Å²) in [5, 5.41) is 6.55. The summed E-state index contributed by atoms with van der Waals surface area (Å²) >= 11 is 0. The lowest BCUT2D eigenvalue weighted by Gasteiger charge is -2.01. The van der Waals surface area contributed by atoms with E-state index in [1.807, 2.05) is 0 Å². The highest BCUT2D eigenvalue weighted by Gasteiger charge is 2.13. The maximum Gasteiger partial charge on any atom is 0.412 e. The van der Waals surface area contributed by atoms with Crippen LogP contribution in [0.5, 0.6) is 0 Å². The molecule has 2 aromatic heterocycles. The average Bonchev–Trinajstić information content (AvgIpc) is 2.96. The molecule has 7 nitrogen and oxygen atoms in total. The molecule has 3 aromatic rings. The lowest BCUT2D eigenvalue weighted by Crippen LogP contribution is -2.10. The van der Waals surface area contributed by atoms with E-state index in [2.05, 4.69) is 20.1 Å². The van der Waals surface area contributed by atoms with Crippen molar-refractivity contribution in [3.63, 3.8) is 0 Å². The number of carbonyl (C=O) groups excluding carboxylic acids is 2. The molecule has 116 valence electrons. The molecule has 0 atom stereocenters. The van der Waals surface area contributed by atoms with Crippen molar-refractivity contribution in [1.29, 1.82) is 0 Å². The molecular weight excluding hydrogens is 303 g/mol. The number of hydrogen-bond donors (Lipinski definition) is 1. The lowest BCUT2D eigenvalue weighted by molar-refractivity contribution is 0.103. The monoisotopic (exact) mass is 314 g/mol. The van der Waals surface area contributed by atoms with Crippen molar-refractivity contribution >= 4 is 23.3 Å². The van der Waals surface area contributed by atoms with E-state index in [-0.39, 0.29) is 17.3 Å². The molecule has 1 amide bonds. The van der Waals surface area contributed by atoms with Crippen LogP contribution in [0.25, 0.3) is 5.65 Å². The van der Waals surface area contributed by atoms with Crippen molar-refractivity contribution < 1.29 is 18.7 Å². The number of ketones is 1. The largest absolute Gasteiger partial charge is 0.453 e. The standard InChI is InChI=1S/C15H11FN4O3/c1-23-15(22)18-12-8-20-13(17-12)7-6-11(19-20)14(21)9-2-4-10(16)5-3-9/h2-8H,1H3,(H,18,22). The van der Waals surface area contributed by atoms with E-state index >= 15 is 0 Å². The van der Waals surface area contributed by atoms with Crippen molar-refractivity contribution in [3.8, 4) is 0 Å². The number of imidazole rings is 1. The molecule has 0 aliphatic rings. The normalized spacial score (nSPS) is 10.5. The summed E-state index contributed by atoms with van der Waals surface area (Å²) in [5.74, 6) is -0.517. The van der Waals surface area contributed by atoms with E-state index in [4.69, 9.17) is 0 Å². The highest BCUT2D eigenvalue weighted by atomic mass is 19.1. The van der Waals surface area contributed by atoms with Gasteiger partial charge in [0.1, 0.15) is 11.5 Å². The van der Waals surface area contributed by atoms with Crippen LogP contribution in [-0.4, -0.2) is 33.6 Å². The average molecular weight is 314 g/mol. The molecule has 3 rings (SSSR count). The summed E-state index contributed by atoms with van der Waals surface area (Å²) < 4.78 is 18.8.